The molecule has 0 aromatic heterocycles. The largest absolute Gasteiger partial charge is 0.514 e. The molecule has 3 nitrogen and oxygen atoms in total. The van der Waals surface area contributed by atoms with E-state index < -0.39 is 6.16 Å². The third-order valence-electron chi connectivity index (χ3n) is 5.73. The maximum Gasteiger partial charge on any atom is 0.514 e. The summed E-state index contributed by atoms with van der Waals surface area (Å²) in [6.45, 7) is 8.00. The number of ether oxygens (including phenoxy) is 2. The predicted molar refractivity (Wildman–Crippen MR) is 139 cm³/mol. The Balaban J connectivity index is 1.68. The van der Waals surface area contributed by atoms with Gasteiger partial charge < -0.3 is 9.47 Å². The lowest BCUT2D eigenvalue weighted by atomic mass is 9.89. The van der Waals surface area contributed by atoms with Crippen LogP contribution < -0.4 is 4.74 Å². The van der Waals surface area contributed by atoms with Crippen molar-refractivity contribution in [2.45, 2.75) is 39.7 Å². The molecule has 0 atom stereocenters. The molecule has 4 aromatic rings. The Morgan fingerprint density at radius 1 is 0.588 bits per heavy atom. The normalized spacial score (nSPS) is 11.0. The molecule has 3 heteroatoms. The van der Waals surface area contributed by atoms with E-state index in [1.165, 1.54) is 22.3 Å². The third-order valence-corrected chi connectivity index (χ3v) is 5.73. The first-order chi connectivity index (χ1) is 16.4. The van der Waals surface area contributed by atoms with Crippen LogP contribution in [-0.4, -0.2) is 12.3 Å². The monoisotopic (exact) mass is 450 g/mol. The van der Waals surface area contributed by atoms with E-state index in [0.29, 0.717) is 11.7 Å². The van der Waals surface area contributed by atoms with Crippen molar-refractivity contribution in [3.05, 3.63) is 103 Å². The van der Waals surface area contributed by atoms with Crippen LogP contribution in [0.4, 0.5) is 4.79 Å². The fourth-order valence-corrected chi connectivity index (χ4v) is 4.00. The Kier molecular flexibility index (Phi) is 7.12. The smallest absolute Gasteiger partial charge is 0.431 e. The molecule has 0 saturated carbocycles. The van der Waals surface area contributed by atoms with Gasteiger partial charge in [0.1, 0.15) is 5.75 Å². The van der Waals surface area contributed by atoms with Crippen LogP contribution in [0.25, 0.3) is 33.4 Å². The van der Waals surface area contributed by atoms with E-state index in [2.05, 4.69) is 80.6 Å². The number of hydrogen-bond acceptors (Lipinski definition) is 3. The molecule has 0 spiro atoms. The Hall–Kier alpha value is -3.85. The highest BCUT2D eigenvalue weighted by atomic mass is 16.7. The Labute approximate surface area is 202 Å². The maximum atomic E-state index is 11.8. The number of carbonyl (C=O) groups is 1. The van der Waals surface area contributed by atoms with E-state index in [4.69, 9.17) is 9.47 Å². The molecule has 0 fully saturated rings. The Bertz CT molecular complexity index is 1250. The van der Waals surface area contributed by atoms with E-state index >= 15 is 0 Å². The summed E-state index contributed by atoms with van der Waals surface area (Å²) in [5, 5.41) is 0. The van der Waals surface area contributed by atoms with Crippen LogP contribution in [-0.2, 0) is 4.74 Å². The van der Waals surface area contributed by atoms with Crippen molar-refractivity contribution in [1.82, 2.24) is 0 Å². The Morgan fingerprint density at radius 2 is 1.03 bits per heavy atom. The van der Waals surface area contributed by atoms with E-state index in [9.17, 15) is 4.79 Å². The molecule has 0 aliphatic carbocycles. The van der Waals surface area contributed by atoms with Crippen LogP contribution >= 0.6 is 0 Å². The fraction of sp³-hybridized carbons (Fsp3) is 0.194. The van der Waals surface area contributed by atoms with Crippen LogP contribution in [0, 0.1) is 0 Å². The summed E-state index contributed by atoms with van der Waals surface area (Å²) in [6.07, 6.45) is -0.916. The molecular formula is C31H30O3. The zero-order valence-electron chi connectivity index (χ0n) is 20.1. The molecule has 0 amide bonds. The van der Waals surface area contributed by atoms with E-state index in [1.54, 1.807) is 26.0 Å². The average Bonchev–Trinajstić information content (AvgIpc) is 2.84. The van der Waals surface area contributed by atoms with Crippen LogP contribution in [0.2, 0.25) is 0 Å². The number of carbonyl (C=O) groups excluding carboxylic acids is 1. The van der Waals surface area contributed by atoms with Crippen LogP contribution in [0.5, 0.6) is 5.75 Å². The van der Waals surface area contributed by atoms with Gasteiger partial charge in [-0.05, 0) is 70.8 Å². The van der Waals surface area contributed by atoms with Gasteiger partial charge in [0.2, 0.25) is 0 Å². The molecule has 0 radical (unpaired) electrons. The SMILES string of the molecule is CC(C)OC(=O)Oc1ccc(-c2ccccc2-c2ccccc2-c2ccc(C(C)C)cc2)cc1. The highest BCUT2D eigenvalue weighted by Gasteiger charge is 2.13. The molecule has 4 aromatic carbocycles. The van der Waals surface area contributed by atoms with Gasteiger partial charge in [-0.2, -0.15) is 0 Å². The Morgan fingerprint density at radius 3 is 1.47 bits per heavy atom. The van der Waals surface area contributed by atoms with Crippen molar-refractivity contribution in [3.63, 3.8) is 0 Å². The van der Waals surface area contributed by atoms with Crippen LogP contribution in [0.3, 0.4) is 0 Å². The number of benzene rings is 4. The molecule has 172 valence electrons. The summed E-state index contributed by atoms with van der Waals surface area (Å²) < 4.78 is 10.3. The highest BCUT2D eigenvalue weighted by molar-refractivity contribution is 5.91. The van der Waals surface area contributed by atoms with Crippen molar-refractivity contribution >= 4 is 6.16 Å². The van der Waals surface area contributed by atoms with Gasteiger partial charge >= 0.3 is 6.16 Å². The van der Waals surface area contributed by atoms with Gasteiger partial charge in [-0.3, -0.25) is 0 Å². The van der Waals surface area contributed by atoms with E-state index in [-0.39, 0.29) is 6.10 Å². The molecule has 0 aliphatic rings. The zero-order chi connectivity index (χ0) is 24.1. The first-order valence-electron chi connectivity index (χ1n) is 11.7. The van der Waals surface area contributed by atoms with Crippen molar-refractivity contribution in [1.29, 1.82) is 0 Å². The summed E-state index contributed by atoms with van der Waals surface area (Å²) in [7, 11) is 0. The lowest BCUT2D eigenvalue weighted by Gasteiger charge is -2.15. The molecular weight excluding hydrogens is 420 g/mol. The minimum Gasteiger partial charge on any atom is -0.431 e. The van der Waals surface area contributed by atoms with Gasteiger partial charge in [-0.1, -0.05) is 98.8 Å². The topological polar surface area (TPSA) is 35.5 Å². The number of rotatable bonds is 6. The average molecular weight is 451 g/mol. The quantitative estimate of drug-likeness (QED) is 0.218. The van der Waals surface area contributed by atoms with Crippen molar-refractivity contribution < 1.29 is 14.3 Å². The predicted octanol–water partition coefficient (Wildman–Crippen LogP) is 8.73. The second-order valence-corrected chi connectivity index (χ2v) is 8.91. The highest BCUT2D eigenvalue weighted by Crippen LogP contribution is 2.38. The second kappa shape index (κ2) is 10.4. The molecule has 0 heterocycles. The minimum absolute atomic E-state index is 0.222. The van der Waals surface area contributed by atoms with Gasteiger partial charge in [0, 0.05) is 0 Å². The summed E-state index contributed by atoms with van der Waals surface area (Å²) in [6, 6.07) is 33.3. The molecule has 4 rings (SSSR count). The summed E-state index contributed by atoms with van der Waals surface area (Å²) in [4.78, 5) is 11.8. The van der Waals surface area contributed by atoms with Crippen LogP contribution in [0.15, 0.2) is 97.1 Å². The van der Waals surface area contributed by atoms with Crippen molar-refractivity contribution in [2.75, 3.05) is 0 Å². The lowest BCUT2D eigenvalue weighted by Crippen LogP contribution is -2.15. The van der Waals surface area contributed by atoms with Gasteiger partial charge in [0.15, 0.2) is 0 Å². The molecule has 0 bridgehead atoms. The van der Waals surface area contributed by atoms with E-state index in [1.807, 2.05) is 18.2 Å². The van der Waals surface area contributed by atoms with Gasteiger partial charge in [-0.15, -0.1) is 0 Å². The molecule has 0 saturated heterocycles. The molecule has 0 N–H and O–H groups in total. The third kappa shape index (κ3) is 5.37. The molecule has 0 unspecified atom stereocenters. The van der Waals surface area contributed by atoms with Gasteiger partial charge in [-0.25, -0.2) is 4.79 Å². The van der Waals surface area contributed by atoms with Gasteiger partial charge in [0.25, 0.3) is 0 Å². The van der Waals surface area contributed by atoms with Gasteiger partial charge in [0.05, 0.1) is 6.10 Å². The lowest BCUT2D eigenvalue weighted by molar-refractivity contribution is 0.0729. The maximum absolute atomic E-state index is 11.8. The first-order valence-corrected chi connectivity index (χ1v) is 11.7. The minimum atomic E-state index is -0.694. The molecule has 0 aliphatic heterocycles. The standard InChI is InChI=1S/C31H30O3/c1-21(2)23-13-15-24(16-14-23)27-9-5-7-11-29(27)30-12-8-6-10-28(30)25-17-19-26(20-18-25)34-31(32)33-22(3)4/h5-22H,1-4H3. The van der Waals surface area contributed by atoms with Crippen molar-refractivity contribution in [2.24, 2.45) is 0 Å². The van der Waals surface area contributed by atoms with Crippen molar-refractivity contribution in [3.8, 4) is 39.1 Å². The fourth-order valence-electron chi connectivity index (χ4n) is 4.00. The van der Waals surface area contributed by atoms with E-state index in [0.717, 1.165) is 16.7 Å². The first kappa shape index (κ1) is 23.3. The van der Waals surface area contributed by atoms with Crippen LogP contribution in [0.1, 0.15) is 39.2 Å². The molecule has 34 heavy (non-hydrogen) atoms. The summed E-state index contributed by atoms with van der Waals surface area (Å²) >= 11 is 0. The second-order valence-electron chi connectivity index (χ2n) is 8.91. The zero-order valence-corrected chi connectivity index (χ0v) is 20.1. The summed E-state index contributed by atoms with van der Waals surface area (Å²) in [5.74, 6) is 0.960. The summed E-state index contributed by atoms with van der Waals surface area (Å²) in [5.41, 5.74) is 8.22. The number of hydrogen-bond donors (Lipinski definition) is 0.